The summed E-state index contributed by atoms with van der Waals surface area (Å²) in [6, 6.07) is 1.18. The topological polar surface area (TPSA) is 112 Å². The molecule has 0 atom stereocenters. The molecule has 0 bridgehead atoms. The van der Waals surface area contributed by atoms with Gasteiger partial charge in [0.05, 0.1) is 16.7 Å². The molecule has 6 heteroatoms. The van der Waals surface area contributed by atoms with Crippen molar-refractivity contribution in [3.05, 3.63) is 33.9 Å². The zero-order chi connectivity index (χ0) is 16.2. The van der Waals surface area contributed by atoms with Gasteiger partial charge in [0, 0.05) is 0 Å². The molecule has 0 unspecified atom stereocenters. The highest BCUT2D eigenvalue weighted by molar-refractivity contribution is 6.06. The van der Waals surface area contributed by atoms with Gasteiger partial charge in [0.2, 0.25) is 0 Å². The van der Waals surface area contributed by atoms with Crippen LogP contribution in [0.25, 0.3) is 0 Å². The number of carbonyl (C=O) groups is 3. The summed E-state index contributed by atoms with van der Waals surface area (Å²) in [4.78, 5) is 34.2. The van der Waals surface area contributed by atoms with Crippen LogP contribution < -0.4 is 0 Å². The second kappa shape index (κ2) is 6.88. The van der Waals surface area contributed by atoms with Crippen molar-refractivity contribution in [1.29, 1.82) is 0 Å². The third kappa shape index (κ3) is 3.39. The van der Waals surface area contributed by atoms with Gasteiger partial charge in [-0.15, -0.1) is 0 Å². The molecule has 0 fully saturated rings. The van der Waals surface area contributed by atoms with Crippen LogP contribution in [-0.2, 0) is 12.8 Å². The normalized spacial score (nSPS) is 10.4. The smallest absolute Gasteiger partial charge is 0.336 e. The second-order valence-electron chi connectivity index (χ2n) is 4.73. The molecule has 114 valence electrons. The van der Waals surface area contributed by atoms with Gasteiger partial charge in [-0.2, -0.15) is 0 Å². The summed E-state index contributed by atoms with van der Waals surface area (Å²) < 4.78 is 0. The Morgan fingerprint density at radius 1 is 0.857 bits per heavy atom. The van der Waals surface area contributed by atoms with Crippen molar-refractivity contribution >= 4 is 17.9 Å². The van der Waals surface area contributed by atoms with Crippen molar-refractivity contribution in [2.45, 2.75) is 39.5 Å². The molecule has 0 aliphatic carbocycles. The van der Waals surface area contributed by atoms with Crippen LogP contribution in [0.2, 0.25) is 0 Å². The van der Waals surface area contributed by atoms with E-state index in [-0.39, 0.29) is 23.1 Å². The summed E-state index contributed by atoms with van der Waals surface area (Å²) in [5, 5.41) is 27.9. The van der Waals surface area contributed by atoms with Crippen LogP contribution in [0.4, 0.5) is 0 Å². The van der Waals surface area contributed by atoms with Gasteiger partial charge in [-0.25, -0.2) is 14.4 Å². The second-order valence-corrected chi connectivity index (χ2v) is 4.73. The highest BCUT2D eigenvalue weighted by atomic mass is 16.4. The first-order chi connectivity index (χ1) is 9.84. The molecule has 0 spiro atoms. The van der Waals surface area contributed by atoms with E-state index in [1.54, 1.807) is 6.92 Å². The Labute approximate surface area is 122 Å². The Kier molecular flexibility index (Phi) is 5.46. The fraction of sp³-hybridized carbons (Fsp3) is 0.400. The van der Waals surface area contributed by atoms with Gasteiger partial charge >= 0.3 is 17.9 Å². The first-order valence-electron chi connectivity index (χ1n) is 6.73. The average molecular weight is 294 g/mol. The largest absolute Gasteiger partial charge is 0.478 e. The minimum Gasteiger partial charge on any atom is -0.478 e. The molecular formula is C15H18O6. The first kappa shape index (κ1) is 16.7. The maximum absolute atomic E-state index is 11.5. The fourth-order valence-electron chi connectivity index (χ4n) is 2.45. The van der Waals surface area contributed by atoms with E-state index in [0.29, 0.717) is 24.8 Å². The van der Waals surface area contributed by atoms with Crippen LogP contribution >= 0.6 is 0 Å². The van der Waals surface area contributed by atoms with E-state index >= 15 is 0 Å². The van der Waals surface area contributed by atoms with Crippen molar-refractivity contribution < 1.29 is 29.7 Å². The Bertz CT molecular complexity index is 588. The maximum Gasteiger partial charge on any atom is 0.336 e. The monoisotopic (exact) mass is 294 g/mol. The molecule has 1 aromatic rings. The Balaban J connectivity index is 3.83. The van der Waals surface area contributed by atoms with Gasteiger partial charge in [0.1, 0.15) is 0 Å². The lowest BCUT2D eigenvalue weighted by Gasteiger charge is -2.16. The lowest BCUT2D eigenvalue weighted by atomic mass is 9.87. The van der Waals surface area contributed by atoms with E-state index in [9.17, 15) is 29.7 Å². The number of aromatic carboxylic acids is 3. The molecule has 0 saturated heterocycles. The number of hydrogen-bond donors (Lipinski definition) is 3. The molecular weight excluding hydrogens is 276 g/mol. The summed E-state index contributed by atoms with van der Waals surface area (Å²) in [6.07, 6.45) is 1.76. The van der Waals surface area contributed by atoms with E-state index in [1.807, 2.05) is 6.92 Å². The Morgan fingerprint density at radius 2 is 1.38 bits per heavy atom. The van der Waals surface area contributed by atoms with Crippen LogP contribution in [-0.4, -0.2) is 33.2 Å². The minimum absolute atomic E-state index is 0.0684. The molecule has 0 aromatic heterocycles. The molecule has 1 rings (SSSR count). The number of rotatable bonds is 7. The van der Waals surface area contributed by atoms with Crippen molar-refractivity contribution in [2.75, 3.05) is 0 Å². The van der Waals surface area contributed by atoms with E-state index in [4.69, 9.17) is 0 Å². The molecule has 0 radical (unpaired) electrons. The standard InChI is InChI=1S/C15H18O6/c1-3-5-8-7-10(13(16)17)12(15(20)21)9(6-4-2)11(8)14(18)19/h7H,3-6H2,1-2H3,(H,16,17)(H,18,19)(H,20,21). The summed E-state index contributed by atoms with van der Waals surface area (Å²) in [5.41, 5.74) is -0.362. The number of benzene rings is 1. The molecule has 0 aliphatic rings. The molecule has 0 aliphatic heterocycles. The van der Waals surface area contributed by atoms with E-state index in [1.165, 1.54) is 6.07 Å². The number of carboxylic acids is 3. The van der Waals surface area contributed by atoms with Crippen LogP contribution in [0.3, 0.4) is 0 Å². The lowest BCUT2D eigenvalue weighted by molar-refractivity contribution is 0.0647. The van der Waals surface area contributed by atoms with Crippen molar-refractivity contribution in [1.82, 2.24) is 0 Å². The number of carboxylic acid groups (broad SMARTS) is 3. The third-order valence-corrected chi connectivity index (χ3v) is 3.19. The van der Waals surface area contributed by atoms with Gasteiger partial charge in [-0.1, -0.05) is 26.7 Å². The zero-order valence-corrected chi connectivity index (χ0v) is 12.0. The van der Waals surface area contributed by atoms with Crippen molar-refractivity contribution in [2.24, 2.45) is 0 Å². The highest BCUT2D eigenvalue weighted by Crippen LogP contribution is 2.27. The van der Waals surface area contributed by atoms with Crippen LogP contribution in [0.5, 0.6) is 0 Å². The predicted molar refractivity (Wildman–Crippen MR) is 75.3 cm³/mol. The zero-order valence-electron chi connectivity index (χ0n) is 12.0. The van der Waals surface area contributed by atoms with E-state index < -0.39 is 23.5 Å². The maximum atomic E-state index is 11.5. The van der Waals surface area contributed by atoms with Gasteiger partial charge in [-0.3, -0.25) is 0 Å². The van der Waals surface area contributed by atoms with Crippen molar-refractivity contribution in [3.8, 4) is 0 Å². The Hall–Kier alpha value is -2.37. The highest BCUT2D eigenvalue weighted by Gasteiger charge is 2.27. The van der Waals surface area contributed by atoms with Gasteiger partial charge in [0.25, 0.3) is 0 Å². The number of aryl methyl sites for hydroxylation is 1. The molecule has 0 amide bonds. The molecule has 0 saturated carbocycles. The summed E-state index contributed by atoms with van der Waals surface area (Å²) in [6.45, 7) is 3.63. The molecule has 21 heavy (non-hydrogen) atoms. The van der Waals surface area contributed by atoms with Crippen LogP contribution in [0.15, 0.2) is 6.07 Å². The summed E-state index contributed by atoms with van der Waals surface area (Å²) in [5.74, 6) is -4.00. The fourth-order valence-corrected chi connectivity index (χ4v) is 2.45. The van der Waals surface area contributed by atoms with Gasteiger partial charge in [0.15, 0.2) is 0 Å². The molecule has 3 N–H and O–H groups in total. The van der Waals surface area contributed by atoms with Crippen molar-refractivity contribution in [3.63, 3.8) is 0 Å². The molecule has 1 aromatic carbocycles. The SMILES string of the molecule is CCCc1cc(C(=O)O)c(C(=O)O)c(CCC)c1C(=O)O. The molecule has 6 nitrogen and oxygen atoms in total. The van der Waals surface area contributed by atoms with Crippen LogP contribution in [0, 0.1) is 0 Å². The third-order valence-electron chi connectivity index (χ3n) is 3.19. The predicted octanol–water partition coefficient (Wildman–Crippen LogP) is 2.69. The van der Waals surface area contributed by atoms with Gasteiger partial charge < -0.3 is 15.3 Å². The average Bonchev–Trinajstić information content (AvgIpc) is 2.37. The van der Waals surface area contributed by atoms with E-state index in [0.717, 1.165) is 0 Å². The van der Waals surface area contributed by atoms with Gasteiger partial charge in [-0.05, 0) is 30.0 Å². The molecule has 0 heterocycles. The van der Waals surface area contributed by atoms with E-state index in [2.05, 4.69) is 0 Å². The quantitative estimate of drug-likeness (QED) is 0.712. The minimum atomic E-state index is -1.42. The Morgan fingerprint density at radius 3 is 1.76 bits per heavy atom. The lowest BCUT2D eigenvalue weighted by Crippen LogP contribution is -2.18. The first-order valence-corrected chi connectivity index (χ1v) is 6.73. The van der Waals surface area contributed by atoms with Crippen LogP contribution in [0.1, 0.15) is 68.9 Å². The summed E-state index contributed by atoms with van der Waals surface area (Å²) >= 11 is 0. The number of hydrogen-bond acceptors (Lipinski definition) is 3. The summed E-state index contributed by atoms with van der Waals surface area (Å²) in [7, 11) is 0.